The van der Waals surface area contributed by atoms with Gasteiger partial charge in [0.25, 0.3) is 5.91 Å². The fourth-order valence-corrected chi connectivity index (χ4v) is 1.80. The van der Waals surface area contributed by atoms with Gasteiger partial charge < -0.3 is 19.2 Å². The van der Waals surface area contributed by atoms with E-state index >= 15 is 0 Å². The van der Waals surface area contributed by atoms with E-state index in [-0.39, 0.29) is 17.9 Å². The Morgan fingerprint density at radius 1 is 1.35 bits per heavy atom. The lowest BCUT2D eigenvalue weighted by atomic mass is 10.2. The first-order valence-corrected chi connectivity index (χ1v) is 6.86. The highest BCUT2D eigenvalue weighted by atomic mass is 19.1. The second kappa shape index (κ2) is 7.44. The summed E-state index contributed by atoms with van der Waals surface area (Å²) in [6.07, 6.45) is 0.413. The molecule has 1 aromatic heterocycles. The molecule has 1 N–H and O–H groups in total. The highest BCUT2D eigenvalue weighted by molar-refractivity contribution is 5.92. The first kappa shape index (κ1) is 16.5. The smallest absolute Gasteiger partial charge is 0.341 e. The van der Waals surface area contributed by atoms with E-state index in [1.54, 1.807) is 12.1 Å². The van der Waals surface area contributed by atoms with Gasteiger partial charge in [0.2, 0.25) is 0 Å². The van der Waals surface area contributed by atoms with Gasteiger partial charge in [-0.3, -0.25) is 4.79 Å². The molecule has 0 fully saturated rings. The zero-order chi connectivity index (χ0) is 16.8. The number of carbonyl (C=O) groups is 2. The molecule has 6 nitrogen and oxygen atoms in total. The number of amides is 1. The van der Waals surface area contributed by atoms with Crippen molar-refractivity contribution in [2.24, 2.45) is 0 Å². The number of rotatable bonds is 6. The minimum absolute atomic E-state index is 0.171. The average Bonchev–Trinajstić information content (AvgIpc) is 3.05. The van der Waals surface area contributed by atoms with Crippen LogP contribution in [-0.4, -0.2) is 25.1 Å². The van der Waals surface area contributed by atoms with Crippen LogP contribution in [0.1, 0.15) is 23.0 Å². The lowest BCUT2D eigenvalue weighted by Crippen LogP contribution is -2.35. The van der Waals surface area contributed by atoms with E-state index in [1.807, 2.05) is 0 Å². The Bertz CT molecular complexity index is 684. The predicted octanol–water partition coefficient (Wildman–Crippen LogP) is 2.29. The predicted molar refractivity (Wildman–Crippen MR) is 78.4 cm³/mol. The average molecular weight is 321 g/mol. The number of methoxy groups -OCH3 is 1. The van der Waals surface area contributed by atoms with Crippen LogP contribution in [0.15, 0.2) is 41.0 Å². The van der Waals surface area contributed by atoms with Crippen LogP contribution in [-0.2, 0) is 16.1 Å². The van der Waals surface area contributed by atoms with Gasteiger partial charge in [0, 0.05) is 6.07 Å². The van der Waals surface area contributed by atoms with Gasteiger partial charge in [0.15, 0.2) is 6.10 Å². The summed E-state index contributed by atoms with van der Waals surface area (Å²) in [6.45, 7) is 1.57. The summed E-state index contributed by atoms with van der Waals surface area (Å²) < 4.78 is 28.7. The van der Waals surface area contributed by atoms with Gasteiger partial charge in [-0.05, 0) is 31.2 Å². The van der Waals surface area contributed by atoms with Gasteiger partial charge in [0.05, 0.1) is 25.5 Å². The lowest BCUT2D eigenvalue weighted by molar-refractivity contribution is -0.129. The number of carbonyl (C=O) groups excluding carboxylic acids is 2. The van der Waals surface area contributed by atoms with Crippen molar-refractivity contribution >= 4 is 11.9 Å². The summed E-state index contributed by atoms with van der Waals surface area (Å²) in [5.74, 6) is -1.37. The zero-order valence-electron chi connectivity index (χ0n) is 12.7. The maximum atomic E-state index is 13.8. The molecule has 0 aliphatic rings. The van der Waals surface area contributed by atoms with Crippen LogP contribution in [0.25, 0.3) is 0 Å². The summed E-state index contributed by atoms with van der Waals surface area (Å²) >= 11 is 0. The number of nitrogens with one attached hydrogen (secondary N) is 1. The number of halogens is 1. The van der Waals surface area contributed by atoms with E-state index in [1.165, 1.54) is 32.4 Å². The fraction of sp³-hybridized carbons (Fsp3) is 0.250. The standard InChI is InChI=1S/C16H16FNO5/c1-10(15(19)18-9-12-4-3-7-22-12)23-16(20)13-6-5-11(21-2)8-14(13)17/h3-8,10H,9H2,1-2H3,(H,18,19). The van der Waals surface area contributed by atoms with E-state index in [0.29, 0.717) is 5.76 Å². The third-order valence-electron chi connectivity index (χ3n) is 3.07. The summed E-state index contributed by atoms with van der Waals surface area (Å²) in [6, 6.07) is 7.13. The van der Waals surface area contributed by atoms with E-state index in [0.717, 1.165) is 6.07 Å². The van der Waals surface area contributed by atoms with E-state index in [2.05, 4.69) is 5.32 Å². The number of hydrogen-bond donors (Lipinski definition) is 1. The lowest BCUT2D eigenvalue weighted by Gasteiger charge is -2.13. The van der Waals surface area contributed by atoms with Crippen molar-refractivity contribution in [1.82, 2.24) is 5.32 Å². The van der Waals surface area contributed by atoms with E-state index < -0.39 is 23.8 Å². The molecule has 23 heavy (non-hydrogen) atoms. The van der Waals surface area contributed by atoms with Crippen LogP contribution in [0.3, 0.4) is 0 Å². The second-order valence-corrected chi connectivity index (χ2v) is 4.69. The number of esters is 1. The van der Waals surface area contributed by atoms with Crippen molar-refractivity contribution in [3.8, 4) is 5.75 Å². The van der Waals surface area contributed by atoms with Crippen LogP contribution in [0.2, 0.25) is 0 Å². The number of ether oxygens (including phenoxy) is 2. The molecule has 0 saturated carbocycles. The second-order valence-electron chi connectivity index (χ2n) is 4.69. The zero-order valence-corrected chi connectivity index (χ0v) is 12.7. The summed E-state index contributed by atoms with van der Waals surface area (Å²) in [4.78, 5) is 23.8. The van der Waals surface area contributed by atoms with Gasteiger partial charge in [-0.2, -0.15) is 0 Å². The Labute approximate surface area is 132 Å². The minimum atomic E-state index is -1.07. The van der Waals surface area contributed by atoms with Crippen molar-refractivity contribution < 1.29 is 27.9 Å². The Balaban J connectivity index is 1.92. The van der Waals surface area contributed by atoms with Gasteiger partial charge in [-0.25, -0.2) is 9.18 Å². The van der Waals surface area contributed by atoms with Gasteiger partial charge >= 0.3 is 5.97 Å². The molecule has 2 aromatic rings. The molecule has 1 amide bonds. The van der Waals surface area contributed by atoms with Gasteiger partial charge in [-0.1, -0.05) is 0 Å². The number of hydrogen-bond acceptors (Lipinski definition) is 5. The molecule has 0 spiro atoms. The Morgan fingerprint density at radius 2 is 2.13 bits per heavy atom. The molecule has 0 aliphatic carbocycles. The van der Waals surface area contributed by atoms with Gasteiger partial charge in [-0.15, -0.1) is 0 Å². The van der Waals surface area contributed by atoms with Gasteiger partial charge in [0.1, 0.15) is 17.3 Å². The molecule has 1 atom stereocenters. The molecule has 1 aromatic carbocycles. The molecule has 0 aliphatic heterocycles. The largest absolute Gasteiger partial charge is 0.497 e. The Kier molecular flexibility index (Phi) is 5.35. The van der Waals surface area contributed by atoms with E-state index in [4.69, 9.17) is 13.9 Å². The van der Waals surface area contributed by atoms with Crippen molar-refractivity contribution in [3.05, 3.63) is 53.7 Å². The van der Waals surface area contributed by atoms with Crippen LogP contribution >= 0.6 is 0 Å². The Morgan fingerprint density at radius 3 is 2.74 bits per heavy atom. The Hall–Kier alpha value is -2.83. The first-order chi connectivity index (χ1) is 11.0. The molecule has 122 valence electrons. The number of benzene rings is 1. The van der Waals surface area contributed by atoms with Crippen molar-refractivity contribution in [3.63, 3.8) is 0 Å². The molecule has 2 rings (SSSR count). The van der Waals surface area contributed by atoms with Crippen molar-refractivity contribution in [2.75, 3.05) is 7.11 Å². The van der Waals surface area contributed by atoms with Crippen LogP contribution in [0.5, 0.6) is 5.75 Å². The van der Waals surface area contributed by atoms with Crippen LogP contribution < -0.4 is 10.1 Å². The summed E-state index contributed by atoms with van der Waals surface area (Å²) in [7, 11) is 1.39. The monoisotopic (exact) mass is 321 g/mol. The van der Waals surface area contributed by atoms with Crippen LogP contribution in [0, 0.1) is 5.82 Å². The third kappa shape index (κ3) is 4.32. The maximum Gasteiger partial charge on any atom is 0.341 e. The molecular weight excluding hydrogens is 305 g/mol. The molecule has 0 radical (unpaired) electrons. The molecule has 0 bridgehead atoms. The topological polar surface area (TPSA) is 77.8 Å². The quantitative estimate of drug-likeness (QED) is 0.826. The minimum Gasteiger partial charge on any atom is -0.497 e. The fourth-order valence-electron chi connectivity index (χ4n) is 1.80. The summed E-state index contributed by atoms with van der Waals surface area (Å²) in [5.41, 5.74) is -0.267. The molecule has 1 unspecified atom stereocenters. The highest BCUT2D eigenvalue weighted by Gasteiger charge is 2.21. The molecule has 0 saturated heterocycles. The summed E-state index contributed by atoms with van der Waals surface area (Å²) in [5, 5.41) is 2.55. The van der Waals surface area contributed by atoms with Crippen molar-refractivity contribution in [2.45, 2.75) is 19.6 Å². The SMILES string of the molecule is COc1ccc(C(=O)OC(C)C(=O)NCc2ccco2)c(F)c1. The number of furan rings is 1. The molecular formula is C16H16FNO5. The van der Waals surface area contributed by atoms with Crippen LogP contribution in [0.4, 0.5) is 4.39 Å². The first-order valence-electron chi connectivity index (χ1n) is 6.86. The normalized spacial score (nSPS) is 11.6. The molecule has 1 heterocycles. The molecule has 7 heteroatoms. The maximum absolute atomic E-state index is 13.8. The highest BCUT2D eigenvalue weighted by Crippen LogP contribution is 2.17. The van der Waals surface area contributed by atoms with E-state index in [9.17, 15) is 14.0 Å². The third-order valence-corrected chi connectivity index (χ3v) is 3.07. The van der Waals surface area contributed by atoms with Crippen molar-refractivity contribution in [1.29, 1.82) is 0 Å².